The molecule has 0 atom stereocenters. The molecule has 2 aromatic carbocycles. The molecule has 0 unspecified atom stereocenters. The van der Waals surface area contributed by atoms with Crippen LogP contribution < -0.4 is 4.80 Å². The third kappa shape index (κ3) is 2.93. The summed E-state index contributed by atoms with van der Waals surface area (Å²) in [5.74, 6) is 2.41. The van der Waals surface area contributed by atoms with Gasteiger partial charge in [0.25, 0.3) is 0 Å². The lowest BCUT2D eigenvalue weighted by molar-refractivity contribution is 0.0973. The number of hydrogen-bond donors (Lipinski definition) is 0. The third-order valence-corrected chi connectivity index (χ3v) is 5.26. The zero-order chi connectivity index (χ0) is 17.4. The van der Waals surface area contributed by atoms with Gasteiger partial charge in [0.05, 0.1) is 16.8 Å². The standard InChI is InChI=1S/C19H11BrN2O2S/c1-2-9-22-14-8-7-13(20)11-17(14)25-19(22)21-18(23)16-10-12-5-3-4-6-15(12)24-16/h1,3-8,10-11H,9H2. The highest BCUT2D eigenvalue weighted by molar-refractivity contribution is 9.10. The van der Waals surface area contributed by atoms with Crippen molar-refractivity contribution >= 4 is 54.4 Å². The van der Waals surface area contributed by atoms with Crippen molar-refractivity contribution in [2.24, 2.45) is 4.99 Å². The Morgan fingerprint density at radius 2 is 2.12 bits per heavy atom. The first-order chi connectivity index (χ1) is 12.2. The largest absolute Gasteiger partial charge is 0.451 e. The minimum Gasteiger partial charge on any atom is -0.451 e. The zero-order valence-corrected chi connectivity index (χ0v) is 15.3. The number of carbonyl (C=O) groups excluding carboxylic acids is 1. The molecule has 122 valence electrons. The molecule has 6 heteroatoms. The Morgan fingerprint density at radius 3 is 2.92 bits per heavy atom. The summed E-state index contributed by atoms with van der Waals surface area (Å²) < 4.78 is 9.42. The van der Waals surface area contributed by atoms with Gasteiger partial charge in [-0.3, -0.25) is 4.79 Å². The first kappa shape index (κ1) is 15.9. The van der Waals surface area contributed by atoms with Gasteiger partial charge in [0.15, 0.2) is 10.6 Å². The normalized spacial score (nSPS) is 11.9. The van der Waals surface area contributed by atoms with E-state index in [0.717, 1.165) is 20.1 Å². The maximum absolute atomic E-state index is 12.6. The number of nitrogens with zero attached hydrogens (tertiary/aromatic N) is 2. The Labute approximate surface area is 155 Å². The van der Waals surface area contributed by atoms with E-state index < -0.39 is 5.91 Å². The highest BCUT2D eigenvalue weighted by Crippen LogP contribution is 2.23. The fourth-order valence-electron chi connectivity index (χ4n) is 2.61. The van der Waals surface area contributed by atoms with Crippen LogP contribution in [0.3, 0.4) is 0 Å². The molecule has 0 spiro atoms. The molecule has 0 aliphatic carbocycles. The summed E-state index contributed by atoms with van der Waals surface area (Å²) in [6.07, 6.45) is 5.48. The summed E-state index contributed by atoms with van der Waals surface area (Å²) in [5.41, 5.74) is 1.61. The summed E-state index contributed by atoms with van der Waals surface area (Å²) in [6.45, 7) is 0.341. The van der Waals surface area contributed by atoms with E-state index in [9.17, 15) is 4.79 Å². The van der Waals surface area contributed by atoms with Crippen molar-refractivity contribution in [2.75, 3.05) is 0 Å². The van der Waals surface area contributed by atoms with Gasteiger partial charge in [0.1, 0.15) is 5.58 Å². The van der Waals surface area contributed by atoms with Gasteiger partial charge in [0.2, 0.25) is 0 Å². The van der Waals surface area contributed by atoms with Crippen molar-refractivity contribution in [1.82, 2.24) is 4.57 Å². The predicted molar refractivity (Wildman–Crippen MR) is 102 cm³/mol. The molecule has 2 aromatic heterocycles. The monoisotopic (exact) mass is 410 g/mol. The van der Waals surface area contributed by atoms with Crippen LogP contribution >= 0.6 is 27.3 Å². The van der Waals surface area contributed by atoms with Crippen LogP contribution in [0.5, 0.6) is 0 Å². The number of halogens is 1. The van der Waals surface area contributed by atoms with E-state index >= 15 is 0 Å². The Morgan fingerprint density at radius 1 is 1.28 bits per heavy atom. The van der Waals surface area contributed by atoms with Crippen LogP contribution in [0.4, 0.5) is 0 Å². The maximum atomic E-state index is 12.6. The number of fused-ring (bicyclic) bond motifs is 2. The minimum absolute atomic E-state index is 0.215. The van der Waals surface area contributed by atoms with Crippen LogP contribution in [0.2, 0.25) is 0 Å². The summed E-state index contributed by atoms with van der Waals surface area (Å²) in [6, 6.07) is 15.1. The number of terminal acetylenes is 1. The lowest BCUT2D eigenvalue weighted by Gasteiger charge is -1.99. The smallest absolute Gasteiger partial charge is 0.315 e. The molecule has 0 saturated heterocycles. The second kappa shape index (κ2) is 6.36. The fraction of sp³-hybridized carbons (Fsp3) is 0.0526. The SMILES string of the molecule is C#CCn1c(=NC(=O)c2cc3ccccc3o2)sc2cc(Br)ccc21. The van der Waals surface area contributed by atoms with Gasteiger partial charge in [-0.05, 0) is 30.3 Å². The molecule has 0 radical (unpaired) electrons. The van der Waals surface area contributed by atoms with Crippen molar-refractivity contribution in [3.63, 3.8) is 0 Å². The van der Waals surface area contributed by atoms with Crippen LogP contribution in [0.1, 0.15) is 10.6 Å². The van der Waals surface area contributed by atoms with Gasteiger partial charge in [0, 0.05) is 9.86 Å². The molecular weight excluding hydrogens is 400 g/mol. The van der Waals surface area contributed by atoms with Crippen molar-refractivity contribution in [2.45, 2.75) is 6.54 Å². The molecule has 25 heavy (non-hydrogen) atoms. The molecule has 0 fully saturated rings. The lowest BCUT2D eigenvalue weighted by Crippen LogP contribution is -2.16. The van der Waals surface area contributed by atoms with Gasteiger partial charge in [-0.1, -0.05) is 51.4 Å². The fourth-order valence-corrected chi connectivity index (χ4v) is 4.19. The van der Waals surface area contributed by atoms with E-state index in [1.807, 2.05) is 47.0 Å². The molecule has 0 saturated carbocycles. The predicted octanol–water partition coefficient (Wildman–Crippen LogP) is 4.59. The molecular formula is C19H11BrN2O2S. The first-order valence-corrected chi connectivity index (χ1v) is 9.06. The number of aromatic nitrogens is 1. The lowest BCUT2D eigenvalue weighted by atomic mass is 10.2. The average Bonchev–Trinajstić information content (AvgIpc) is 3.17. The number of rotatable bonds is 2. The van der Waals surface area contributed by atoms with Crippen LogP contribution in [0.25, 0.3) is 21.2 Å². The van der Waals surface area contributed by atoms with E-state index in [1.165, 1.54) is 11.3 Å². The summed E-state index contributed by atoms with van der Waals surface area (Å²) in [4.78, 5) is 17.4. The van der Waals surface area contributed by atoms with Gasteiger partial charge < -0.3 is 8.98 Å². The second-order valence-electron chi connectivity index (χ2n) is 5.35. The molecule has 2 heterocycles. The van der Waals surface area contributed by atoms with Crippen LogP contribution in [0.15, 0.2) is 62.4 Å². The van der Waals surface area contributed by atoms with Gasteiger partial charge >= 0.3 is 5.91 Å². The van der Waals surface area contributed by atoms with E-state index in [1.54, 1.807) is 6.07 Å². The third-order valence-electron chi connectivity index (χ3n) is 3.73. The van der Waals surface area contributed by atoms with Crippen molar-refractivity contribution in [3.05, 3.63) is 63.6 Å². The summed E-state index contributed by atoms with van der Waals surface area (Å²) in [5, 5.41) is 0.873. The quantitative estimate of drug-likeness (QED) is 0.453. The second-order valence-corrected chi connectivity index (χ2v) is 7.28. The van der Waals surface area contributed by atoms with Gasteiger partial charge in [-0.25, -0.2) is 0 Å². The number of benzene rings is 2. The number of para-hydroxylation sites is 1. The van der Waals surface area contributed by atoms with E-state index in [2.05, 4.69) is 26.8 Å². The Hall–Kier alpha value is -2.62. The van der Waals surface area contributed by atoms with E-state index in [4.69, 9.17) is 10.8 Å². The van der Waals surface area contributed by atoms with Crippen LogP contribution in [0, 0.1) is 12.3 Å². The summed E-state index contributed by atoms with van der Waals surface area (Å²) in [7, 11) is 0. The Bertz CT molecular complexity index is 1190. The van der Waals surface area contributed by atoms with Crippen molar-refractivity contribution < 1.29 is 9.21 Å². The van der Waals surface area contributed by atoms with Crippen molar-refractivity contribution in [1.29, 1.82) is 0 Å². The van der Waals surface area contributed by atoms with E-state index in [0.29, 0.717) is 16.9 Å². The van der Waals surface area contributed by atoms with Crippen molar-refractivity contribution in [3.8, 4) is 12.3 Å². The Balaban J connectivity index is 1.86. The highest BCUT2D eigenvalue weighted by atomic mass is 79.9. The van der Waals surface area contributed by atoms with Crippen LogP contribution in [-0.2, 0) is 6.54 Å². The number of amides is 1. The van der Waals surface area contributed by atoms with Crippen LogP contribution in [-0.4, -0.2) is 10.5 Å². The Kier molecular flexibility index (Phi) is 4.04. The summed E-state index contributed by atoms with van der Waals surface area (Å²) >= 11 is 4.87. The molecule has 4 aromatic rings. The average molecular weight is 411 g/mol. The number of carbonyl (C=O) groups is 1. The zero-order valence-electron chi connectivity index (χ0n) is 12.9. The number of thiazole rings is 1. The van der Waals surface area contributed by atoms with Gasteiger partial charge in [-0.2, -0.15) is 4.99 Å². The molecule has 4 rings (SSSR count). The number of hydrogen-bond acceptors (Lipinski definition) is 3. The first-order valence-electron chi connectivity index (χ1n) is 7.46. The molecule has 0 aliphatic heterocycles. The molecule has 0 N–H and O–H groups in total. The number of furan rings is 1. The van der Waals surface area contributed by atoms with Gasteiger partial charge in [-0.15, -0.1) is 6.42 Å². The topological polar surface area (TPSA) is 47.5 Å². The maximum Gasteiger partial charge on any atom is 0.315 e. The minimum atomic E-state index is -0.424. The van der Waals surface area contributed by atoms with E-state index in [-0.39, 0.29) is 5.76 Å². The highest BCUT2D eigenvalue weighted by Gasteiger charge is 2.13. The molecule has 1 amide bonds. The molecule has 0 aliphatic rings. The molecule has 0 bridgehead atoms. The molecule has 4 nitrogen and oxygen atoms in total.